The maximum absolute atomic E-state index is 12.1. The van der Waals surface area contributed by atoms with E-state index in [1.54, 1.807) is 24.3 Å². The summed E-state index contributed by atoms with van der Waals surface area (Å²) in [5.41, 5.74) is 1.54. The first-order valence-corrected chi connectivity index (χ1v) is 8.19. The predicted octanol–water partition coefficient (Wildman–Crippen LogP) is 3.13. The Hall–Kier alpha value is -2.60. The summed E-state index contributed by atoms with van der Waals surface area (Å²) in [6.07, 6.45) is 0.148. The van der Waals surface area contributed by atoms with Crippen LogP contribution in [-0.2, 0) is 22.6 Å². The van der Waals surface area contributed by atoms with Crippen molar-refractivity contribution in [3.8, 4) is 23.0 Å². The van der Waals surface area contributed by atoms with Crippen molar-refractivity contribution in [1.29, 1.82) is 0 Å². The normalized spacial score (nSPS) is 14.3. The Morgan fingerprint density at radius 1 is 0.960 bits per heavy atom. The largest absolute Gasteiger partial charge is 0.486 e. The van der Waals surface area contributed by atoms with Crippen molar-refractivity contribution in [2.75, 3.05) is 20.0 Å². The molecule has 0 spiro atoms. The van der Waals surface area contributed by atoms with Gasteiger partial charge >= 0.3 is 5.97 Å². The fraction of sp³-hybridized carbons (Fsp3) is 0.278. The van der Waals surface area contributed by atoms with Crippen LogP contribution in [0.5, 0.6) is 23.0 Å². The van der Waals surface area contributed by atoms with E-state index in [1.807, 2.05) is 6.07 Å². The smallest absolute Gasteiger partial charge is 0.310 e. The van der Waals surface area contributed by atoms with E-state index in [-0.39, 0.29) is 25.8 Å². The number of benzene rings is 2. The van der Waals surface area contributed by atoms with Gasteiger partial charge in [0.1, 0.15) is 19.8 Å². The second kappa shape index (κ2) is 6.72. The average molecular weight is 363 g/mol. The number of carbonyl (C=O) groups excluding carboxylic acids is 1. The molecule has 0 saturated carbocycles. The van der Waals surface area contributed by atoms with E-state index < -0.39 is 0 Å². The third-order valence-corrected chi connectivity index (χ3v) is 4.12. The number of esters is 1. The number of rotatable bonds is 4. The lowest BCUT2D eigenvalue weighted by molar-refractivity contribution is -0.144. The lowest BCUT2D eigenvalue weighted by Crippen LogP contribution is -2.15. The van der Waals surface area contributed by atoms with Crippen LogP contribution < -0.4 is 18.9 Å². The Morgan fingerprint density at radius 2 is 1.76 bits per heavy atom. The van der Waals surface area contributed by atoms with Crippen molar-refractivity contribution in [3.63, 3.8) is 0 Å². The topological polar surface area (TPSA) is 63.2 Å². The number of hydrogen-bond acceptors (Lipinski definition) is 6. The molecule has 0 fully saturated rings. The summed E-state index contributed by atoms with van der Waals surface area (Å²) in [4.78, 5) is 12.1. The summed E-state index contributed by atoms with van der Waals surface area (Å²) < 4.78 is 26.9. The summed E-state index contributed by atoms with van der Waals surface area (Å²) in [7, 11) is 0. The Balaban J connectivity index is 1.37. The molecular weight excluding hydrogens is 348 g/mol. The molecule has 7 heteroatoms. The average Bonchev–Trinajstić information content (AvgIpc) is 3.09. The molecule has 0 saturated heterocycles. The molecule has 2 aliphatic heterocycles. The second-order valence-electron chi connectivity index (χ2n) is 5.63. The minimum atomic E-state index is -0.342. The van der Waals surface area contributed by atoms with Crippen LogP contribution in [0, 0.1) is 0 Å². The third kappa shape index (κ3) is 3.44. The fourth-order valence-corrected chi connectivity index (χ4v) is 2.97. The zero-order valence-electron chi connectivity index (χ0n) is 13.2. The van der Waals surface area contributed by atoms with Gasteiger partial charge in [-0.15, -0.1) is 0 Å². The van der Waals surface area contributed by atoms with Gasteiger partial charge in [0.2, 0.25) is 6.79 Å². The Kier molecular flexibility index (Phi) is 4.28. The summed E-state index contributed by atoms with van der Waals surface area (Å²) in [6.45, 7) is 1.29. The van der Waals surface area contributed by atoms with Crippen LogP contribution in [0.1, 0.15) is 11.1 Å². The van der Waals surface area contributed by atoms with Crippen molar-refractivity contribution < 1.29 is 28.5 Å². The van der Waals surface area contributed by atoms with Crippen LogP contribution in [0.3, 0.4) is 0 Å². The van der Waals surface area contributed by atoms with Gasteiger partial charge in [-0.3, -0.25) is 4.79 Å². The highest BCUT2D eigenvalue weighted by molar-refractivity contribution is 6.32. The highest BCUT2D eigenvalue weighted by atomic mass is 35.5. The van der Waals surface area contributed by atoms with Crippen LogP contribution in [0.15, 0.2) is 30.3 Å². The van der Waals surface area contributed by atoms with E-state index >= 15 is 0 Å². The minimum absolute atomic E-state index is 0.111. The van der Waals surface area contributed by atoms with Crippen molar-refractivity contribution >= 4 is 17.6 Å². The molecule has 2 aliphatic rings. The van der Waals surface area contributed by atoms with E-state index in [0.717, 1.165) is 11.1 Å². The summed E-state index contributed by atoms with van der Waals surface area (Å²) in [5.74, 6) is 2.08. The molecule has 2 aromatic rings. The first-order chi connectivity index (χ1) is 12.2. The molecule has 130 valence electrons. The van der Waals surface area contributed by atoms with Gasteiger partial charge in [-0.05, 0) is 35.4 Å². The zero-order valence-corrected chi connectivity index (χ0v) is 14.0. The SMILES string of the molecule is O=C(Cc1ccc2c(c1)OCCO2)OCc1cc(Cl)c2c(c1)OCO2. The van der Waals surface area contributed by atoms with Gasteiger partial charge in [0.15, 0.2) is 23.0 Å². The van der Waals surface area contributed by atoms with Crippen molar-refractivity contribution in [3.05, 3.63) is 46.5 Å². The van der Waals surface area contributed by atoms with Crippen molar-refractivity contribution in [2.24, 2.45) is 0 Å². The van der Waals surface area contributed by atoms with Crippen LogP contribution >= 0.6 is 11.6 Å². The summed E-state index contributed by atoms with van der Waals surface area (Å²) in [6, 6.07) is 8.88. The number of ether oxygens (including phenoxy) is 5. The molecule has 4 rings (SSSR count). The molecule has 0 amide bonds. The monoisotopic (exact) mass is 362 g/mol. The molecule has 6 nitrogen and oxygen atoms in total. The van der Waals surface area contributed by atoms with E-state index in [2.05, 4.69) is 0 Å². The lowest BCUT2D eigenvalue weighted by Gasteiger charge is -2.18. The van der Waals surface area contributed by atoms with Crippen LogP contribution in [0.4, 0.5) is 0 Å². The van der Waals surface area contributed by atoms with Crippen molar-refractivity contribution in [2.45, 2.75) is 13.0 Å². The lowest BCUT2D eigenvalue weighted by atomic mass is 10.1. The maximum Gasteiger partial charge on any atom is 0.310 e. The van der Waals surface area contributed by atoms with E-state index in [0.29, 0.717) is 41.2 Å². The van der Waals surface area contributed by atoms with Gasteiger partial charge in [-0.25, -0.2) is 0 Å². The van der Waals surface area contributed by atoms with E-state index in [1.165, 1.54) is 0 Å². The number of halogens is 1. The number of fused-ring (bicyclic) bond motifs is 2. The third-order valence-electron chi connectivity index (χ3n) is 3.84. The molecule has 0 aliphatic carbocycles. The van der Waals surface area contributed by atoms with Gasteiger partial charge < -0.3 is 23.7 Å². The van der Waals surface area contributed by atoms with Gasteiger partial charge in [-0.1, -0.05) is 17.7 Å². The minimum Gasteiger partial charge on any atom is -0.486 e. The Morgan fingerprint density at radius 3 is 2.64 bits per heavy atom. The van der Waals surface area contributed by atoms with Gasteiger partial charge in [0.25, 0.3) is 0 Å². The fourth-order valence-electron chi connectivity index (χ4n) is 2.68. The molecule has 0 bridgehead atoms. The quantitative estimate of drug-likeness (QED) is 0.779. The van der Waals surface area contributed by atoms with Crippen molar-refractivity contribution in [1.82, 2.24) is 0 Å². The number of carbonyl (C=O) groups is 1. The number of hydrogen-bond donors (Lipinski definition) is 0. The molecule has 0 unspecified atom stereocenters. The van der Waals surface area contributed by atoms with E-state index in [4.69, 9.17) is 35.3 Å². The second-order valence-corrected chi connectivity index (χ2v) is 6.03. The molecule has 0 atom stereocenters. The highest BCUT2D eigenvalue weighted by Crippen LogP contribution is 2.40. The van der Waals surface area contributed by atoms with Crippen LogP contribution in [-0.4, -0.2) is 26.0 Å². The molecule has 2 aromatic carbocycles. The molecule has 2 heterocycles. The Bertz CT molecular complexity index is 819. The van der Waals surface area contributed by atoms with Crippen LogP contribution in [0.2, 0.25) is 5.02 Å². The van der Waals surface area contributed by atoms with Gasteiger partial charge in [0.05, 0.1) is 11.4 Å². The van der Waals surface area contributed by atoms with E-state index in [9.17, 15) is 4.79 Å². The molecule has 25 heavy (non-hydrogen) atoms. The Labute approximate surface area is 149 Å². The molecule has 0 N–H and O–H groups in total. The van der Waals surface area contributed by atoms with Gasteiger partial charge in [0, 0.05) is 0 Å². The molecular formula is C18H15ClO6. The highest BCUT2D eigenvalue weighted by Gasteiger charge is 2.19. The molecule has 0 radical (unpaired) electrons. The first kappa shape index (κ1) is 15.9. The maximum atomic E-state index is 12.1. The zero-order chi connectivity index (χ0) is 17.2. The standard InChI is InChI=1S/C18H15ClO6/c19-13-5-12(7-16-18(13)25-10-24-16)9-23-17(20)8-11-1-2-14-15(6-11)22-4-3-21-14/h1-2,5-7H,3-4,8-10H2. The van der Waals surface area contributed by atoms with Gasteiger partial charge in [-0.2, -0.15) is 0 Å². The first-order valence-electron chi connectivity index (χ1n) is 7.81. The molecule has 0 aromatic heterocycles. The predicted molar refractivity (Wildman–Crippen MR) is 88.5 cm³/mol. The summed E-state index contributed by atoms with van der Waals surface area (Å²) in [5, 5.41) is 0.438. The summed E-state index contributed by atoms with van der Waals surface area (Å²) >= 11 is 6.12. The van der Waals surface area contributed by atoms with Crippen LogP contribution in [0.25, 0.3) is 0 Å².